The second kappa shape index (κ2) is 8.57. The lowest BCUT2D eigenvalue weighted by Gasteiger charge is -2.19. The summed E-state index contributed by atoms with van der Waals surface area (Å²) in [5.74, 6) is -0.764. The lowest BCUT2D eigenvalue weighted by molar-refractivity contribution is -0.137. The molecule has 2 N–H and O–H groups in total. The Morgan fingerprint density at radius 1 is 1.05 bits per heavy atom. The summed E-state index contributed by atoms with van der Waals surface area (Å²) in [7, 11) is 0. The Morgan fingerprint density at radius 3 is 2.23 bits per heavy atom. The normalized spacial score (nSPS) is 11.2. The Labute approximate surface area is 132 Å². The maximum atomic E-state index is 11.7. The number of nitrogens with one attached hydrogen (secondary N) is 1. The average molecular weight is 305 g/mol. The van der Waals surface area contributed by atoms with E-state index in [0.29, 0.717) is 25.8 Å². The van der Waals surface area contributed by atoms with E-state index < -0.39 is 5.97 Å². The van der Waals surface area contributed by atoms with Gasteiger partial charge in [-0.05, 0) is 35.8 Å². The molecule has 122 valence electrons. The average Bonchev–Trinajstić information content (AvgIpc) is 2.44. The van der Waals surface area contributed by atoms with Gasteiger partial charge in [-0.1, -0.05) is 45.0 Å². The van der Waals surface area contributed by atoms with Gasteiger partial charge in [0.25, 0.3) is 0 Å². The van der Waals surface area contributed by atoms with Gasteiger partial charge in [-0.25, -0.2) is 0 Å². The van der Waals surface area contributed by atoms with Crippen molar-refractivity contribution in [2.75, 3.05) is 6.54 Å². The number of hydrogen-bond donors (Lipinski definition) is 2. The fourth-order valence-electron chi connectivity index (χ4n) is 2.15. The molecule has 4 nitrogen and oxygen atoms in total. The molecule has 0 aliphatic rings. The van der Waals surface area contributed by atoms with E-state index in [1.165, 1.54) is 5.56 Å². The Morgan fingerprint density at radius 2 is 1.68 bits per heavy atom. The third-order valence-electron chi connectivity index (χ3n) is 3.60. The van der Waals surface area contributed by atoms with E-state index in [1.807, 2.05) is 0 Å². The van der Waals surface area contributed by atoms with Crippen LogP contribution in [0.15, 0.2) is 24.3 Å². The quantitative estimate of drug-likeness (QED) is 0.724. The Hall–Kier alpha value is -1.84. The molecule has 1 aromatic carbocycles. The number of aliphatic carboxylic acids is 1. The molecule has 0 aromatic heterocycles. The van der Waals surface area contributed by atoms with Gasteiger partial charge in [0.1, 0.15) is 0 Å². The summed E-state index contributed by atoms with van der Waals surface area (Å²) in [5.41, 5.74) is 2.60. The van der Waals surface area contributed by atoms with Crippen LogP contribution in [0.3, 0.4) is 0 Å². The molecule has 1 aromatic rings. The number of rotatable bonds is 8. The highest BCUT2D eigenvalue weighted by Gasteiger charge is 2.12. The summed E-state index contributed by atoms with van der Waals surface area (Å²) in [6.07, 6.45) is 2.66. The maximum absolute atomic E-state index is 11.7. The van der Waals surface area contributed by atoms with Crippen molar-refractivity contribution < 1.29 is 14.7 Å². The number of benzene rings is 1. The summed E-state index contributed by atoms with van der Waals surface area (Å²) in [6, 6.07) is 8.42. The van der Waals surface area contributed by atoms with Crippen molar-refractivity contribution in [3.05, 3.63) is 35.4 Å². The van der Waals surface area contributed by atoms with Gasteiger partial charge >= 0.3 is 5.97 Å². The Balaban J connectivity index is 2.25. The van der Waals surface area contributed by atoms with Crippen LogP contribution in [-0.4, -0.2) is 23.5 Å². The summed E-state index contributed by atoms with van der Waals surface area (Å²) in [5, 5.41) is 11.3. The zero-order valence-electron chi connectivity index (χ0n) is 13.8. The van der Waals surface area contributed by atoms with Gasteiger partial charge in [0.05, 0.1) is 0 Å². The van der Waals surface area contributed by atoms with Crippen molar-refractivity contribution in [2.24, 2.45) is 0 Å². The molecular weight excluding hydrogens is 278 g/mol. The van der Waals surface area contributed by atoms with Gasteiger partial charge < -0.3 is 10.4 Å². The highest BCUT2D eigenvalue weighted by atomic mass is 16.4. The van der Waals surface area contributed by atoms with Gasteiger partial charge in [0.15, 0.2) is 0 Å². The van der Waals surface area contributed by atoms with Crippen LogP contribution in [0, 0.1) is 0 Å². The Kier molecular flexibility index (Phi) is 7.09. The molecule has 1 rings (SSSR count). The summed E-state index contributed by atoms with van der Waals surface area (Å²) in [4.78, 5) is 22.1. The highest BCUT2D eigenvalue weighted by Crippen LogP contribution is 2.22. The molecule has 0 aliphatic carbocycles. The first-order chi connectivity index (χ1) is 10.3. The minimum absolute atomic E-state index is 0.0234. The zero-order chi connectivity index (χ0) is 16.6. The van der Waals surface area contributed by atoms with Crippen LogP contribution in [0.25, 0.3) is 0 Å². The molecule has 0 heterocycles. The van der Waals surface area contributed by atoms with E-state index in [4.69, 9.17) is 5.11 Å². The second-order valence-electron chi connectivity index (χ2n) is 6.65. The maximum Gasteiger partial charge on any atom is 0.303 e. The first-order valence-electron chi connectivity index (χ1n) is 7.87. The molecule has 0 saturated heterocycles. The molecule has 0 fully saturated rings. The molecule has 0 radical (unpaired) electrons. The van der Waals surface area contributed by atoms with Crippen molar-refractivity contribution in [3.63, 3.8) is 0 Å². The molecule has 1 amide bonds. The summed E-state index contributed by atoms with van der Waals surface area (Å²) in [6.45, 7) is 7.09. The van der Waals surface area contributed by atoms with E-state index >= 15 is 0 Å². The third kappa shape index (κ3) is 7.25. The number of carboxylic acid groups (broad SMARTS) is 1. The van der Waals surface area contributed by atoms with Gasteiger partial charge in [-0.3, -0.25) is 9.59 Å². The standard InChI is InChI=1S/C18H27NO3/c1-18(2,3)15-10-7-14(8-11-15)9-12-16(20)19-13-5-4-6-17(21)22/h7-8,10-11H,4-6,9,12-13H2,1-3H3,(H,19,20)(H,21,22). The van der Waals surface area contributed by atoms with Crippen molar-refractivity contribution in [2.45, 2.75) is 58.3 Å². The molecule has 0 bridgehead atoms. The molecule has 0 aliphatic heterocycles. The largest absolute Gasteiger partial charge is 0.481 e. The molecule has 4 heteroatoms. The third-order valence-corrected chi connectivity index (χ3v) is 3.60. The fourth-order valence-corrected chi connectivity index (χ4v) is 2.15. The monoisotopic (exact) mass is 305 g/mol. The first kappa shape index (κ1) is 18.2. The van der Waals surface area contributed by atoms with Crippen LogP contribution in [0.5, 0.6) is 0 Å². The number of carbonyl (C=O) groups is 2. The van der Waals surface area contributed by atoms with E-state index in [-0.39, 0.29) is 17.7 Å². The molecule has 22 heavy (non-hydrogen) atoms. The van der Waals surface area contributed by atoms with Crippen LogP contribution >= 0.6 is 0 Å². The van der Waals surface area contributed by atoms with E-state index in [2.05, 4.69) is 50.4 Å². The number of carboxylic acids is 1. The number of unbranched alkanes of at least 4 members (excludes halogenated alkanes) is 1. The lowest BCUT2D eigenvalue weighted by Crippen LogP contribution is -2.24. The van der Waals surface area contributed by atoms with E-state index in [0.717, 1.165) is 12.0 Å². The number of aryl methyl sites for hydroxylation is 1. The predicted molar refractivity (Wildman–Crippen MR) is 88.0 cm³/mol. The first-order valence-corrected chi connectivity index (χ1v) is 7.87. The van der Waals surface area contributed by atoms with E-state index in [9.17, 15) is 9.59 Å². The SMILES string of the molecule is CC(C)(C)c1ccc(CCC(=O)NCCCCC(=O)O)cc1. The molecule has 0 atom stereocenters. The van der Waals surface area contributed by atoms with Gasteiger partial charge in [-0.15, -0.1) is 0 Å². The highest BCUT2D eigenvalue weighted by molar-refractivity contribution is 5.76. The number of hydrogen-bond acceptors (Lipinski definition) is 2. The Bertz CT molecular complexity index is 486. The van der Waals surface area contributed by atoms with Crippen molar-refractivity contribution in [3.8, 4) is 0 Å². The van der Waals surface area contributed by atoms with Crippen LogP contribution in [0.1, 0.15) is 57.6 Å². The van der Waals surface area contributed by atoms with Gasteiger partial charge in [0, 0.05) is 19.4 Å². The summed E-state index contributed by atoms with van der Waals surface area (Å²) < 4.78 is 0. The van der Waals surface area contributed by atoms with Crippen molar-refractivity contribution in [1.82, 2.24) is 5.32 Å². The topological polar surface area (TPSA) is 66.4 Å². The van der Waals surface area contributed by atoms with E-state index in [1.54, 1.807) is 0 Å². The number of amides is 1. The smallest absolute Gasteiger partial charge is 0.303 e. The van der Waals surface area contributed by atoms with Crippen LogP contribution in [0.2, 0.25) is 0 Å². The van der Waals surface area contributed by atoms with Crippen molar-refractivity contribution in [1.29, 1.82) is 0 Å². The fraction of sp³-hybridized carbons (Fsp3) is 0.556. The summed E-state index contributed by atoms with van der Waals surface area (Å²) >= 11 is 0. The predicted octanol–water partition coefficient (Wildman–Crippen LogP) is 3.29. The zero-order valence-corrected chi connectivity index (χ0v) is 13.8. The molecule has 0 spiro atoms. The lowest BCUT2D eigenvalue weighted by atomic mass is 9.86. The van der Waals surface area contributed by atoms with Crippen molar-refractivity contribution >= 4 is 11.9 Å². The van der Waals surface area contributed by atoms with Crippen LogP contribution < -0.4 is 5.32 Å². The van der Waals surface area contributed by atoms with Crippen LogP contribution in [0.4, 0.5) is 0 Å². The second-order valence-corrected chi connectivity index (χ2v) is 6.65. The van der Waals surface area contributed by atoms with Crippen LogP contribution in [-0.2, 0) is 21.4 Å². The minimum Gasteiger partial charge on any atom is -0.481 e. The van der Waals surface area contributed by atoms with Gasteiger partial charge in [0.2, 0.25) is 5.91 Å². The molecule has 0 unspecified atom stereocenters. The minimum atomic E-state index is -0.787. The number of carbonyl (C=O) groups excluding carboxylic acids is 1. The molecule has 0 saturated carbocycles. The molecular formula is C18H27NO3. The van der Waals surface area contributed by atoms with Gasteiger partial charge in [-0.2, -0.15) is 0 Å².